The minimum absolute atomic E-state index is 0.196. The Morgan fingerprint density at radius 2 is 1.13 bits per heavy atom. The molecule has 3 rings (SSSR count). The van der Waals surface area contributed by atoms with Crippen LogP contribution < -0.4 is 9.47 Å². The maximum Gasteiger partial charge on any atom is 0.516 e. The van der Waals surface area contributed by atoms with E-state index in [1.165, 1.54) is 76.3 Å². The zero-order valence-electron chi connectivity index (χ0n) is 28.6. The number of rotatable bonds is 21. The molecule has 1 heterocycles. The lowest BCUT2D eigenvalue weighted by Crippen LogP contribution is -2.42. The number of nitrogens with zero attached hydrogens (tertiary/aromatic N) is 1. The highest BCUT2D eigenvalue weighted by atomic mass is 16.7. The summed E-state index contributed by atoms with van der Waals surface area (Å²) < 4.78 is 27.3. The van der Waals surface area contributed by atoms with Gasteiger partial charge in [-0.1, -0.05) is 90.9 Å². The summed E-state index contributed by atoms with van der Waals surface area (Å²) in [6.07, 6.45) is 16.0. The molecule has 0 aliphatic carbocycles. The Morgan fingerprint density at radius 3 is 1.70 bits per heavy atom. The van der Waals surface area contributed by atoms with Crippen LogP contribution in [0.25, 0.3) is 0 Å². The van der Waals surface area contributed by atoms with Crippen molar-refractivity contribution in [3.05, 3.63) is 54.1 Å². The summed E-state index contributed by atoms with van der Waals surface area (Å²) in [6, 6.07) is 13.8. The first-order valence-corrected chi connectivity index (χ1v) is 17.8. The van der Waals surface area contributed by atoms with Crippen molar-refractivity contribution >= 4 is 18.2 Å². The molecule has 0 atom stereocenters. The van der Waals surface area contributed by atoms with Crippen molar-refractivity contribution in [3.8, 4) is 17.2 Å². The predicted octanol–water partition coefficient (Wildman–Crippen LogP) is 10.3. The second-order valence-electron chi connectivity index (χ2n) is 12.2. The van der Waals surface area contributed by atoms with Gasteiger partial charge in [0.05, 0.1) is 18.8 Å². The normalized spacial score (nSPS) is 13.2. The Labute approximate surface area is 281 Å². The monoisotopic (exact) mass is 653 g/mol. The number of unbranched alkanes of at least 4 members (excludes halogenated alkanes) is 12. The van der Waals surface area contributed by atoms with E-state index in [2.05, 4.69) is 13.8 Å². The van der Waals surface area contributed by atoms with Gasteiger partial charge in [-0.15, -0.1) is 0 Å². The lowest BCUT2D eigenvalue weighted by atomic mass is 10.1. The molecule has 9 nitrogen and oxygen atoms in total. The fourth-order valence-electron chi connectivity index (χ4n) is 5.41. The number of carbonyl (C=O) groups is 3. The fourth-order valence-corrected chi connectivity index (χ4v) is 5.41. The van der Waals surface area contributed by atoms with E-state index >= 15 is 0 Å². The highest BCUT2D eigenvalue weighted by molar-refractivity contribution is 5.95. The minimum Gasteiger partial charge on any atom is -0.494 e. The van der Waals surface area contributed by atoms with Crippen molar-refractivity contribution in [3.63, 3.8) is 0 Å². The number of hydrogen-bond donors (Lipinski definition) is 0. The highest BCUT2D eigenvalue weighted by Crippen LogP contribution is 2.25. The summed E-state index contributed by atoms with van der Waals surface area (Å²) in [5, 5.41) is 0. The van der Waals surface area contributed by atoms with Crippen LogP contribution in [0.2, 0.25) is 0 Å². The van der Waals surface area contributed by atoms with Crippen LogP contribution in [0.4, 0.5) is 9.59 Å². The lowest BCUT2D eigenvalue weighted by Gasteiger charge is -2.30. The van der Waals surface area contributed by atoms with Gasteiger partial charge >= 0.3 is 18.2 Å². The van der Waals surface area contributed by atoms with Crippen LogP contribution in [0.5, 0.6) is 17.2 Å². The molecule has 0 bridgehead atoms. The van der Waals surface area contributed by atoms with Gasteiger partial charge in [0.2, 0.25) is 0 Å². The van der Waals surface area contributed by atoms with Gasteiger partial charge < -0.3 is 28.6 Å². The maximum atomic E-state index is 12.5. The van der Waals surface area contributed by atoms with E-state index in [1.54, 1.807) is 17.0 Å². The van der Waals surface area contributed by atoms with Gasteiger partial charge in [-0.2, -0.15) is 0 Å². The largest absolute Gasteiger partial charge is 0.516 e. The summed E-state index contributed by atoms with van der Waals surface area (Å²) in [6.45, 7) is 6.38. The second-order valence-corrected chi connectivity index (χ2v) is 12.2. The van der Waals surface area contributed by atoms with Crippen molar-refractivity contribution < 1.29 is 38.1 Å². The quantitative estimate of drug-likeness (QED) is 0.0745. The zero-order valence-corrected chi connectivity index (χ0v) is 28.6. The Kier molecular flexibility index (Phi) is 18.2. The van der Waals surface area contributed by atoms with Crippen LogP contribution in [0.1, 0.15) is 127 Å². The second kappa shape index (κ2) is 22.7. The van der Waals surface area contributed by atoms with Crippen molar-refractivity contribution in [1.82, 2.24) is 4.90 Å². The molecule has 1 saturated heterocycles. The van der Waals surface area contributed by atoms with Gasteiger partial charge in [0, 0.05) is 25.9 Å². The van der Waals surface area contributed by atoms with Crippen LogP contribution in [0.15, 0.2) is 48.5 Å². The molecule has 1 aliphatic heterocycles. The molecule has 0 N–H and O–H groups in total. The number of benzene rings is 2. The molecule has 260 valence electrons. The molecule has 9 heteroatoms. The highest BCUT2D eigenvalue weighted by Gasteiger charge is 2.27. The van der Waals surface area contributed by atoms with Gasteiger partial charge in [-0.05, 0) is 61.4 Å². The Balaban J connectivity index is 1.28. The molecule has 2 aromatic rings. The predicted molar refractivity (Wildman–Crippen MR) is 182 cm³/mol. The van der Waals surface area contributed by atoms with E-state index in [1.807, 2.05) is 24.3 Å². The van der Waals surface area contributed by atoms with Crippen LogP contribution in [0.3, 0.4) is 0 Å². The maximum absolute atomic E-state index is 12.5. The summed E-state index contributed by atoms with van der Waals surface area (Å²) >= 11 is 0. The molecular formula is C38H55NO8. The number of hydrogen-bond acceptors (Lipinski definition) is 8. The van der Waals surface area contributed by atoms with E-state index in [0.717, 1.165) is 31.4 Å². The first-order valence-electron chi connectivity index (χ1n) is 17.8. The number of esters is 1. The standard InChI is InChI=1S/C38H55NO8/c1-3-5-7-9-11-12-14-15-29-43-32-21-23-34(24-22-32)45-33-19-17-31(18-20-33)36(40)47-38(42)46-35-25-27-39(28-26-35)37(41)44-30-16-13-10-8-6-4-2/h17-24,35H,3-16,25-30H2,1-2H3. The average Bonchev–Trinajstić information content (AvgIpc) is 3.08. The molecule has 0 saturated carbocycles. The van der Waals surface area contributed by atoms with Crippen molar-refractivity contribution in [2.24, 2.45) is 0 Å². The number of carbonyl (C=O) groups excluding carboxylic acids is 3. The number of amides is 1. The first kappa shape index (κ1) is 37.7. The zero-order chi connectivity index (χ0) is 33.5. The Bertz CT molecular complexity index is 1160. The molecule has 0 spiro atoms. The van der Waals surface area contributed by atoms with Gasteiger partial charge in [-0.25, -0.2) is 14.4 Å². The Morgan fingerprint density at radius 1 is 0.638 bits per heavy atom. The Hall–Kier alpha value is -3.75. The molecule has 1 fully saturated rings. The van der Waals surface area contributed by atoms with Gasteiger partial charge in [0.1, 0.15) is 23.4 Å². The first-order chi connectivity index (χ1) is 23.0. The lowest BCUT2D eigenvalue weighted by molar-refractivity contribution is 0.00335. The topological polar surface area (TPSA) is 101 Å². The van der Waals surface area contributed by atoms with Crippen LogP contribution in [-0.4, -0.2) is 55.5 Å². The molecule has 1 aliphatic rings. The molecule has 47 heavy (non-hydrogen) atoms. The van der Waals surface area contributed by atoms with E-state index < -0.39 is 18.2 Å². The summed E-state index contributed by atoms with van der Waals surface area (Å²) in [7, 11) is 0. The van der Waals surface area contributed by atoms with Gasteiger partial charge in [0.15, 0.2) is 0 Å². The summed E-state index contributed by atoms with van der Waals surface area (Å²) in [5.74, 6) is 1.17. The minimum atomic E-state index is -1.05. The van der Waals surface area contributed by atoms with Crippen molar-refractivity contribution in [1.29, 1.82) is 0 Å². The molecule has 1 amide bonds. The molecule has 0 aromatic heterocycles. The summed E-state index contributed by atoms with van der Waals surface area (Å²) in [4.78, 5) is 38.7. The third-order valence-corrected chi connectivity index (χ3v) is 8.28. The smallest absolute Gasteiger partial charge is 0.494 e. The van der Waals surface area contributed by atoms with Gasteiger partial charge in [-0.3, -0.25) is 0 Å². The number of ether oxygens (including phenoxy) is 5. The van der Waals surface area contributed by atoms with Gasteiger partial charge in [0.25, 0.3) is 0 Å². The third-order valence-electron chi connectivity index (χ3n) is 8.28. The van der Waals surface area contributed by atoms with E-state index in [-0.39, 0.29) is 11.7 Å². The fraction of sp³-hybridized carbons (Fsp3) is 0.605. The average molecular weight is 654 g/mol. The summed E-state index contributed by atoms with van der Waals surface area (Å²) in [5.41, 5.74) is 0.196. The van der Waals surface area contributed by atoms with Crippen LogP contribution in [-0.2, 0) is 14.2 Å². The van der Waals surface area contributed by atoms with Crippen molar-refractivity contribution in [2.45, 2.75) is 123 Å². The molecular weight excluding hydrogens is 598 g/mol. The third kappa shape index (κ3) is 15.6. The van der Waals surface area contributed by atoms with E-state index in [4.69, 9.17) is 23.7 Å². The number of likely N-dealkylation sites (tertiary alicyclic amines) is 1. The SMILES string of the molecule is CCCCCCCCCCOc1ccc(Oc2ccc(C(=O)OC(=O)OC3CCN(C(=O)OCCCCCCCC)CC3)cc2)cc1. The molecule has 0 radical (unpaired) electrons. The van der Waals surface area contributed by atoms with E-state index in [0.29, 0.717) is 50.6 Å². The van der Waals surface area contributed by atoms with Crippen LogP contribution >= 0.6 is 0 Å². The van der Waals surface area contributed by atoms with E-state index in [9.17, 15) is 14.4 Å². The number of piperidine rings is 1. The van der Waals surface area contributed by atoms with Crippen LogP contribution in [0, 0.1) is 0 Å². The van der Waals surface area contributed by atoms with Crippen molar-refractivity contribution in [2.75, 3.05) is 26.3 Å². The molecule has 2 aromatic carbocycles. The molecule has 0 unspecified atom stereocenters.